The number of rotatable bonds is 4. The Labute approximate surface area is 121 Å². The summed E-state index contributed by atoms with van der Waals surface area (Å²) in [5.41, 5.74) is 2.50. The molecular weight excluding hydrogens is 274 g/mol. The number of carboxylic acid groups (broad SMARTS) is 1. The highest BCUT2D eigenvalue weighted by molar-refractivity contribution is 5.90. The van der Waals surface area contributed by atoms with Crippen molar-refractivity contribution >= 4 is 11.7 Å². The van der Waals surface area contributed by atoms with E-state index in [2.05, 4.69) is 5.10 Å². The van der Waals surface area contributed by atoms with Crippen molar-refractivity contribution in [3.05, 3.63) is 56.4 Å². The van der Waals surface area contributed by atoms with E-state index in [-0.39, 0.29) is 11.3 Å². The Kier molecular flexibility index (Phi) is 3.75. The lowest BCUT2D eigenvalue weighted by Gasteiger charge is -2.08. The molecule has 0 aliphatic rings. The molecule has 2 aromatic rings. The maximum atomic E-state index is 11.2. The molecule has 0 unspecified atom stereocenters. The number of aryl methyl sites for hydroxylation is 1. The number of hydrogen-bond acceptors (Lipinski definition) is 4. The normalized spacial score (nSPS) is 10.6. The van der Waals surface area contributed by atoms with Gasteiger partial charge >= 0.3 is 5.97 Å². The Bertz CT molecular complexity index is 734. The van der Waals surface area contributed by atoms with Gasteiger partial charge in [-0.15, -0.1) is 0 Å². The smallest absolute Gasteiger partial charge is 0.339 e. The number of benzene rings is 1. The molecule has 1 heterocycles. The zero-order chi connectivity index (χ0) is 15.7. The van der Waals surface area contributed by atoms with Crippen LogP contribution in [-0.4, -0.2) is 25.8 Å². The molecule has 0 saturated carbocycles. The molecule has 0 saturated heterocycles. The van der Waals surface area contributed by atoms with E-state index >= 15 is 0 Å². The van der Waals surface area contributed by atoms with Crippen molar-refractivity contribution in [2.75, 3.05) is 0 Å². The second kappa shape index (κ2) is 5.35. The Balaban J connectivity index is 2.44. The molecule has 0 fully saturated rings. The van der Waals surface area contributed by atoms with Crippen molar-refractivity contribution in [2.45, 2.75) is 27.3 Å². The quantitative estimate of drug-likeness (QED) is 0.688. The lowest BCUT2D eigenvalue weighted by molar-refractivity contribution is -0.385. The lowest BCUT2D eigenvalue weighted by atomic mass is 10.1. The standard InChI is InChI=1S/C14H15N3O4/c1-8-11(5-4-6-12(8)17(20)21)7-16-10(3)13(14(18)19)9(2)15-16/h4-6H,7H2,1-3H3,(H,18,19). The average Bonchev–Trinajstić information content (AvgIpc) is 2.66. The van der Waals surface area contributed by atoms with Crippen LogP contribution in [0.4, 0.5) is 5.69 Å². The Morgan fingerprint density at radius 1 is 1.38 bits per heavy atom. The van der Waals surface area contributed by atoms with Gasteiger partial charge in [-0.1, -0.05) is 12.1 Å². The Hall–Kier alpha value is -2.70. The van der Waals surface area contributed by atoms with Gasteiger partial charge in [0.1, 0.15) is 5.56 Å². The minimum Gasteiger partial charge on any atom is -0.478 e. The summed E-state index contributed by atoms with van der Waals surface area (Å²) >= 11 is 0. The maximum Gasteiger partial charge on any atom is 0.339 e. The van der Waals surface area contributed by atoms with Crippen LogP contribution < -0.4 is 0 Å². The fourth-order valence-corrected chi connectivity index (χ4v) is 2.36. The molecule has 0 bridgehead atoms. The number of aromatic carboxylic acids is 1. The number of aromatic nitrogens is 2. The number of carbonyl (C=O) groups is 1. The van der Waals surface area contributed by atoms with Crippen LogP contribution in [-0.2, 0) is 6.54 Å². The Morgan fingerprint density at radius 2 is 2.05 bits per heavy atom. The van der Waals surface area contributed by atoms with Crippen LogP contribution in [0.15, 0.2) is 18.2 Å². The van der Waals surface area contributed by atoms with Crippen LogP contribution in [0.5, 0.6) is 0 Å². The van der Waals surface area contributed by atoms with Crippen LogP contribution in [0.1, 0.15) is 32.9 Å². The molecule has 0 aliphatic heterocycles. The molecule has 21 heavy (non-hydrogen) atoms. The van der Waals surface area contributed by atoms with Crippen molar-refractivity contribution in [3.8, 4) is 0 Å². The van der Waals surface area contributed by atoms with E-state index in [4.69, 9.17) is 5.11 Å². The highest BCUT2D eigenvalue weighted by Gasteiger charge is 2.19. The lowest BCUT2D eigenvalue weighted by Crippen LogP contribution is -2.07. The van der Waals surface area contributed by atoms with Gasteiger partial charge in [0.25, 0.3) is 5.69 Å². The van der Waals surface area contributed by atoms with Gasteiger partial charge in [-0.3, -0.25) is 14.8 Å². The van der Waals surface area contributed by atoms with Gasteiger partial charge in [0.15, 0.2) is 0 Å². The monoisotopic (exact) mass is 289 g/mol. The van der Waals surface area contributed by atoms with Crippen LogP contribution in [0.2, 0.25) is 0 Å². The van der Waals surface area contributed by atoms with Gasteiger partial charge in [0.2, 0.25) is 0 Å². The van der Waals surface area contributed by atoms with Crippen molar-refractivity contribution in [3.63, 3.8) is 0 Å². The molecule has 0 atom stereocenters. The second-order valence-corrected chi connectivity index (χ2v) is 4.83. The predicted octanol–water partition coefficient (Wildman–Crippen LogP) is 2.46. The SMILES string of the molecule is Cc1nn(Cc2cccc([N+](=O)[O-])c2C)c(C)c1C(=O)O. The summed E-state index contributed by atoms with van der Waals surface area (Å²) in [6.45, 7) is 5.29. The van der Waals surface area contributed by atoms with E-state index in [0.717, 1.165) is 5.56 Å². The number of nitro benzene ring substituents is 1. The van der Waals surface area contributed by atoms with Gasteiger partial charge in [-0.2, -0.15) is 5.10 Å². The zero-order valence-corrected chi connectivity index (χ0v) is 12.0. The summed E-state index contributed by atoms with van der Waals surface area (Å²) in [5, 5.41) is 24.3. The zero-order valence-electron chi connectivity index (χ0n) is 12.0. The first-order valence-electron chi connectivity index (χ1n) is 6.33. The minimum atomic E-state index is -1.02. The molecule has 0 spiro atoms. The first kappa shape index (κ1) is 14.7. The van der Waals surface area contributed by atoms with E-state index in [1.807, 2.05) is 0 Å². The van der Waals surface area contributed by atoms with Gasteiger partial charge in [-0.05, 0) is 26.3 Å². The highest BCUT2D eigenvalue weighted by Crippen LogP contribution is 2.23. The second-order valence-electron chi connectivity index (χ2n) is 4.83. The molecule has 0 radical (unpaired) electrons. The third kappa shape index (κ3) is 2.62. The summed E-state index contributed by atoms with van der Waals surface area (Å²) in [5.74, 6) is -1.02. The molecule has 0 amide bonds. The Morgan fingerprint density at radius 3 is 2.57 bits per heavy atom. The molecule has 1 aromatic carbocycles. The first-order valence-corrected chi connectivity index (χ1v) is 6.33. The third-order valence-corrected chi connectivity index (χ3v) is 3.53. The van der Waals surface area contributed by atoms with Crippen molar-refractivity contribution < 1.29 is 14.8 Å². The van der Waals surface area contributed by atoms with Crippen molar-refractivity contribution in [2.24, 2.45) is 0 Å². The largest absolute Gasteiger partial charge is 0.478 e. The van der Waals surface area contributed by atoms with Gasteiger partial charge in [0, 0.05) is 11.6 Å². The van der Waals surface area contributed by atoms with Gasteiger partial charge in [0.05, 0.1) is 22.9 Å². The van der Waals surface area contributed by atoms with Gasteiger partial charge < -0.3 is 5.11 Å². The minimum absolute atomic E-state index is 0.0486. The average molecular weight is 289 g/mol. The molecule has 7 nitrogen and oxygen atoms in total. The predicted molar refractivity (Wildman–Crippen MR) is 75.6 cm³/mol. The molecule has 1 aromatic heterocycles. The fraction of sp³-hybridized carbons (Fsp3) is 0.286. The number of carboxylic acids is 1. The van der Waals surface area contributed by atoms with E-state index < -0.39 is 10.9 Å². The summed E-state index contributed by atoms with van der Waals surface area (Å²) in [7, 11) is 0. The maximum absolute atomic E-state index is 11.2. The summed E-state index contributed by atoms with van der Waals surface area (Å²) in [4.78, 5) is 21.7. The van der Waals surface area contributed by atoms with Crippen LogP contribution >= 0.6 is 0 Å². The van der Waals surface area contributed by atoms with E-state index in [1.54, 1.807) is 37.6 Å². The number of nitro groups is 1. The topological polar surface area (TPSA) is 98.3 Å². The van der Waals surface area contributed by atoms with Crippen molar-refractivity contribution in [1.29, 1.82) is 0 Å². The summed E-state index contributed by atoms with van der Waals surface area (Å²) < 4.78 is 1.56. The van der Waals surface area contributed by atoms with E-state index in [1.165, 1.54) is 6.07 Å². The summed E-state index contributed by atoms with van der Waals surface area (Å²) in [6, 6.07) is 4.84. The highest BCUT2D eigenvalue weighted by atomic mass is 16.6. The number of nitrogens with zero attached hydrogens (tertiary/aromatic N) is 3. The fourth-order valence-electron chi connectivity index (χ4n) is 2.36. The van der Waals surface area contributed by atoms with Crippen LogP contribution in [0.3, 0.4) is 0 Å². The van der Waals surface area contributed by atoms with Gasteiger partial charge in [-0.25, -0.2) is 4.79 Å². The molecule has 2 rings (SSSR count). The first-order chi connectivity index (χ1) is 9.82. The van der Waals surface area contributed by atoms with Crippen LogP contribution in [0.25, 0.3) is 0 Å². The molecule has 0 aliphatic carbocycles. The molecule has 110 valence electrons. The summed E-state index contributed by atoms with van der Waals surface area (Å²) in [6.07, 6.45) is 0. The van der Waals surface area contributed by atoms with E-state index in [0.29, 0.717) is 23.5 Å². The van der Waals surface area contributed by atoms with Crippen molar-refractivity contribution in [1.82, 2.24) is 9.78 Å². The van der Waals surface area contributed by atoms with Crippen LogP contribution in [0, 0.1) is 30.9 Å². The molecular formula is C14H15N3O4. The third-order valence-electron chi connectivity index (χ3n) is 3.53. The number of hydrogen-bond donors (Lipinski definition) is 1. The van der Waals surface area contributed by atoms with E-state index in [9.17, 15) is 14.9 Å². The molecule has 7 heteroatoms. The molecule has 1 N–H and O–H groups in total.